The largest absolute Gasteiger partial charge is 0.383 e. The van der Waals surface area contributed by atoms with Crippen LogP contribution in [0, 0.1) is 0 Å². The maximum Gasteiger partial charge on any atom is 0.244 e. The summed E-state index contributed by atoms with van der Waals surface area (Å²) in [6, 6.07) is 13.1. The van der Waals surface area contributed by atoms with Crippen LogP contribution in [0.1, 0.15) is 5.56 Å². The summed E-state index contributed by atoms with van der Waals surface area (Å²) in [5.41, 5.74) is 1.05. The minimum absolute atomic E-state index is 0.0214. The number of pyridine rings is 1. The number of sulfonamides is 1. The van der Waals surface area contributed by atoms with Gasteiger partial charge in [-0.15, -0.1) is 0 Å². The average molecular weight is 479 g/mol. The maximum atomic E-state index is 12.8. The number of carbonyl (C=O) groups is 1. The zero-order valence-electron chi connectivity index (χ0n) is 18.5. The average Bonchev–Trinajstić information content (AvgIpc) is 2.81. The molecular formula is C22H30N4O4S2. The molecule has 2 heterocycles. The summed E-state index contributed by atoms with van der Waals surface area (Å²) >= 11 is 1.30. The summed E-state index contributed by atoms with van der Waals surface area (Å²) < 4.78 is 32.3. The van der Waals surface area contributed by atoms with Crippen molar-refractivity contribution < 1.29 is 17.9 Å². The van der Waals surface area contributed by atoms with Gasteiger partial charge in [0.15, 0.2) is 0 Å². The summed E-state index contributed by atoms with van der Waals surface area (Å²) in [5, 5.41) is 0.613. The number of nitrogens with zero attached hydrogens (tertiary/aromatic N) is 4. The van der Waals surface area contributed by atoms with Crippen molar-refractivity contribution >= 4 is 27.7 Å². The van der Waals surface area contributed by atoms with Gasteiger partial charge in [-0.25, -0.2) is 13.4 Å². The lowest BCUT2D eigenvalue weighted by atomic mass is 10.2. The first kappa shape index (κ1) is 24.7. The summed E-state index contributed by atoms with van der Waals surface area (Å²) in [6.45, 7) is 3.85. The Labute approximate surface area is 194 Å². The van der Waals surface area contributed by atoms with Crippen molar-refractivity contribution in [3.8, 4) is 0 Å². The summed E-state index contributed by atoms with van der Waals surface area (Å²) in [5.74, 6) is 0.195. The Morgan fingerprint density at radius 1 is 1.12 bits per heavy atom. The molecule has 0 atom stereocenters. The number of thioether (sulfide) groups is 1. The smallest absolute Gasteiger partial charge is 0.244 e. The van der Waals surface area contributed by atoms with Gasteiger partial charge in [0, 0.05) is 52.6 Å². The first-order chi connectivity index (χ1) is 15.4. The van der Waals surface area contributed by atoms with E-state index in [0.29, 0.717) is 50.9 Å². The molecule has 0 N–H and O–H groups in total. The van der Waals surface area contributed by atoms with Gasteiger partial charge in [0.1, 0.15) is 4.90 Å². The van der Waals surface area contributed by atoms with E-state index in [-0.39, 0.29) is 16.6 Å². The van der Waals surface area contributed by atoms with Gasteiger partial charge in [0.2, 0.25) is 15.9 Å². The van der Waals surface area contributed by atoms with Crippen molar-refractivity contribution in [1.82, 2.24) is 19.1 Å². The Morgan fingerprint density at radius 3 is 2.47 bits per heavy atom. The van der Waals surface area contributed by atoms with E-state index in [2.05, 4.69) is 9.88 Å². The van der Waals surface area contributed by atoms with Gasteiger partial charge in [-0.2, -0.15) is 4.31 Å². The predicted molar refractivity (Wildman–Crippen MR) is 125 cm³/mol. The molecule has 1 amide bonds. The number of benzene rings is 1. The highest BCUT2D eigenvalue weighted by Gasteiger charge is 2.27. The molecule has 10 heteroatoms. The molecule has 1 aromatic heterocycles. The van der Waals surface area contributed by atoms with Gasteiger partial charge in [0.05, 0.1) is 17.4 Å². The zero-order valence-corrected chi connectivity index (χ0v) is 20.1. The van der Waals surface area contributed by atoms with Crippen LogP contribution in [0.3, 0.4) is 0 Å². The van der Waals surface area contributed by atoms with Gasteiger partial charge in [-0.3, -0.25) is 4.79 Å². The zero-order chi connectivity index (χ0) is 23.0. The molecule has 0 unspecified atom stereocenters. The maximum absolute atomic E-state index is 12.8. The minimum Gasteiger partial charge on any atom is -0.383 e. The molecule has 174 valence electrons. The van der Waals surface area contributed by atoms with Crippen molar-refractivity contribution in [1.29, 1.82) is 0 Å². The Hall–Kier alpha value is -1.98. The number of hydrogen-bond acceptors (Lipinski definition) is 7. The van der Waals surface area contributed by atoms with Crippen molar-refractivity contribution in [3.63, 3.8) is 0 Å². The number of likely N-dealkylation sites (N-methyl/N-ethyl adjacent to an activating group) is 1. The van der Waals surface area contributed by atoms with Crippen LogP contribution in [0.25, 0.3) is 0 Å². The molecule has 2 aromatic rings. The van der Waals surface area contributed by atoms with Gasteiger partial charge in [0.25, 0.3) is 0 Å². The molecule has 0 bridgehead atoms. The number of amides is 1. The fourth-order valence-electron chi connectivity index (χ4n) is 3.31. The highest BCUT2D eigenvalue weighted by Crippen LogP contribution is 2.21. The van der Waals surface area contributed by atoms with Crippen molar-refractivity contribution in [3.05, 3.63) is 54.2 Å². The van der Waals surface area contributed by atoms with Gasteiger partial charge in [-0.1, -0.05) is 42.1 Å². The van der Waals surface area contributed by atoms with E-state index in [1.165, 1.54) is 22.3 Å². The topological polar surface area (TPSA) is 83.0 Å². The van der Waals surface area contributed by atoms with Gasteiger partial charge < -0.3 is 14.5 Å². The van der Waals surface area contributed by atoms with Crippen LogP contribution >= 0.6 is 11.8 Å². The molecule has 3 rings (SSSR count). The monoisotopic (exact) mass is 478 g/mol. The van der Waals surface area contributed by atoms with E-state index < -0.39 is 10.0 Å². The van der Waals surface area contributed by atoms with Gasteiger partial charge >= 0.3 is 0 Å². The molecule has 1 fully saturated rings. The molecule has 8 nitrogen and oxygen atoms in total. The van der Waals surface area contributed by atoms with Crippen molar-refractivity contribution in [2.75, 3.05) is 59.2 Å². The van der Waals surface area contributed by atoms with Gasteiger partial charge in [-0.05, 0) is 24.7 Å². The number of ether oxygens (including phenoxy) is 1. The molecule has 0 radical (unpaired) electrons. The Bertz CT molecular complexity index is 963. The third kappa shape index (κ3) is 6.76. The number of rotatable bonds is 10. The number of piperazine rings is 1. The second-order valence-corrected chi connectivity index (χ2v) is 10.6. The molecule has 1 aliphatic heterocycles. The number of aromatic nitrogens is 1. The summed E-state index contributed by atoms with van der Waals surface area (Å²) in [4.78, 5) is 21.1. The van der Waals surface area contributed by atoms with Crippen LogP contribution < -0.4 is 0 Å². The fourth-order valence-corrected chi connectivity index (χ4v) is 5.42. The summed E-state index contributed by atoms with van der Waals surface area (Å²) in [7, 11) is 0.0480. The third-order valence-electron chi connectivity index (χ3n) is 5.29. The number of methoxy groups -OCH3 is 1. The molecule has 1 aromatic carbocycles. The second-order valence-electron chi connectivity index (χ2n) is 7.62. The van der Waals surface area contributed by atoms with E-state index >= 15 is 0 Å². The highest BCUT2D eigenvalue weighted by atomic mass is 32.2. The SMILES string of the molecule is COCCN(Cc1ccccc1)C(=O)CSc1ccc(S(=O)(=O)N2CCN(C)CC2)cn1. The Kier molecular flexibility index (Phi) is 9.06. The van der Waals surface area contributed by atoms with E-state index in [9.17, 15) is 13.2 Å². The predicted octanol–water partition coefficient (Wildman–Crippen LogP) is 1.78. The molecule has 0 saturated carbocycles. The van der Waals surface area contributed by atoms with Crippen LogP contribution in [0.15, 0.2) is 58.6 Å². The number of hydrogen-bond donors (Lipinski definition) is 0. The fraction of sp³-hybridized carbons (Fsp3) is 0.455. The van der Waals surface area contributed by atoms with Crippen LogP contribution in [-0.4, -0.2) is 92.7 Å². The quantitative estimate of drug-likeness (QED) is 0.482. The lowest BCUT2D eigenvalue weighted by Crippen LogP contribution is -2.47. The van der Waals surface area contributed by atoms with Crippen molar-refractivity contribution in [2.24, 2.45) is 0 Å². The highest BCUT2D eigenvalue weighted by molar-refractivity contribution is 7.99. The lowest BCUT2D eigenvalue weighted by Gasteiger charge is -2.31. The van der Waals surface area contributed by atoms with E-state index in [4.69, 9.17) is 4.74 Å². The van der Waals surface area contributed by atoms with Crippen LogP contribution in [0.2, 0.25) is 0 Å². The first-order valence-corrected chi connectivity index (χ1v) is 12.9. The van der Waals surface area contributed by atoms with Crippen LogP contribution in [0.4, 0.5) is 0 Å². The summed E-state index contributed by atoms with van der Waals surface area (Å²) in [6.07, 6.45) is 1.38. The molecule has 1 aliphatic rings. The first-order valence-electron chi connectivity index (χ1n) is 10.5. The van der Waals surface area contributed by atoms with Crippen molar-refractivity contribution in [2.45, 2.75) is 16.5 Å². The molecule has 0 aliphatic carbocycles. The van der Waals surface area contributed by atoms with Crippen LogP contribution in [0.5, 0.6) is 0 Å². The standard InChI is InChI=1S/C22H30N4O4S2/c1-24-10-12-26(13-11-24)32(28,29)20-8-9-21(23-16-20)31-18-22(27)25(14-15-30-2)17-19-6-4-3-5-7-19/h3-9,16H,10-15,17-18H2,1-2H3. The third-order valence-corrected chi connectivity index (χ3v) is 8.10. The second kappa shape index (κ2) is 11.8. The number of carbonyl (C=O) groups excluding carboxylic acids is 1. The molecular weight excluding hydrogens is 448 g/mol. The van der Waals surface area contributed by atoms with Crippen LogP contribution in [-0.2, 0) is 26.1 Å². The Morgan fingerprint density at radius 2 is 1.84 bits per heavy atom. The Balaban J connectivity index is 1.58. The normalized spacial score (nSPS) is 15.6. The van der Waals surface area contributed by atoms with E-state index in [1.54, 1.807) is 24.1 Å². The minimum atomic E-state index is -3.55. The lowest BCUT2D eigenvalue weighted by molar-refractivity contribution is -0.129. The van der Waals surface area contributed by atoms with E-state index in [1.807, 2.05) is 37.4 Å². The molecule has 32 heavy (non-hydrogen) atoms. The molecule has 0 spiro atoms. The molecule has 1 saturated heterocycles. The van der Waals surface area contributed by atoms with E-state index in [0.717, 1.165) is 5.56 Å².